The third-order valence-corrected chi connectivity index (χ3v) is 1.85. The number of hydrogen-bond donors (Lipinski definition) is 2. The minimum atomic E-state index is -0.364. The van der Waals surface area contributed by atoms with Gasteiger partial charge in [0.05, 0.1) is 6.10 Å². The topological polar surface area (TPSA) is 40.5 Å². The van der Waals surface area contributed by atoms with Crippen molar-refractivity contribution in [3.8, 4) is 0 Å². The van der Waals surface area contributed by atoms with Gasteiger partial charge in [0.2, 0.25) is 0 Å². The zero-order chi connectivity index (χ0) is 7.98. The van der Waals surface area contributed by atoms with Gasteiger partial charge in [0.15, 0.2) is 0 Å². The Bertz CT molecular complexity index is 71.7. The third kappa shape index (κ3) is 3.85. The van der Waals surface area contributed by atoms with Crippen LogP contribution >= 0.6 is 0 Å². The third-order valence-electron chi connectivity index (χ3n) is 1.85. The number of rotatable bonds is 5. The van der Waals surface area contributed by atoms with E-state index in [1.807, 2.05) is 0 Å². The molecule has 0 aliphatic heterocycles. The quantitative estimate of drug-likeness (QED) is 0.611. The molecule has 0 amide bonds. The molecule has 62 valence electrons. The van der Waals surface area contributed by atoms with E-state index in [1.165, 1.54) is 0 Å². The van der Waals surface area contributed by atoms with Crippen LogP contribution in [0.5, 0.6) is 0 Å². The predicted molar refractivity (Wildman–Crippen MR) is 41.8 cm³/mol. The van der Waals surface area contributed by atoms with Crippen LogP contribution in [0.25, 0.3) is 0 Å². The van der Waals surface area contributed by atoms with Gasteiger partial charge >= 0.3 is 0 Å². The van der Waals surface area contributed by atoms with Gasteiger partial charge in [0.1, 0.15) is 0 Å². The molecule has 0 saturated heterocycles. The summed E-state index contributed by atoms with van der Waals surface area (Å²) in [6, 6.07) is 0. The molecule has 0 aromatic heterocycles. The van der Waals surface area contributed by atoms with Crippen molar-refractivity contribution in [3.63, 3.8) is 0 Å². The fraction of sp³-hybridized carbons (Fsp3) is 1.00. The molecule has 0 aliphatic rings. The summed E-state index contributed by atoms with van der Waals surface area (Å²) in [4.78, 5) is 0. The van der Waals surface area contributed by atoms with Gasteiger partial charge in [0, 0.05) is 12.5 Å². The van der Waals surface area contributed by atoms with Gasteiger partial charge in [-0.2, -0.15) is 0 Å². The van der Waals surface area contributed by atoms with E-state index in [0.717, 1.165) is 19.3 Å². The first-order chi connectivity index (χ1) is 4.72. The Morgan fingerprint density at radius 2 is 2.00 bits per heavy atom. The Kier molecular flexibility index (Phi) is 5.64. The van der Waals surface area contributed by atoms with Crippen molar-refractivity contribution in [2.45, 2.75) is 39.2 Å². The second-order valence-electron chi connectivity index (χ2n) is 2.83. The van der Waals surface area contributed by atoms with Crippen LogP contribution in [0, 0.1) is 5.92 Å². The first-order valence-corrected chi connectivity index (χ1v) is 4.01. The molecule has 0 aromatic carbocycles. The minimum absolute atomic E-state index is 0.0833. The van der Waals surface area contributed by atoms with Gasteiger partial charge in [0.25, 0.3) is 0 Å². The molecule has 2 atom stereocenters. The Morgan fingerprint density at radius 3 is 2.30 bits per heavy atom. The highest BCUT2D eigenvalue weighted by molar-refractivity contribution is 4.62. The molecule has 0 rings (SSSR count). The normalized spacial score (nSPS) is 16.8. The standard InChI is InChI=1S/C8H18O2/c1-3-4-5-8(6-9)7(2)10/h7-10H,3-6H2,1-2H3. The molecule has 2 heteroatoms. The zero-order valence-electron chi connectivity index (χ0n) is 6.88. The summed E-state index contributed by atoms with van der Waals surface area (Å²) in [6.45, 7) is 3.95. The highest BCUT2D eigenvalue weighted by Crippen LogP contribution is 2.11. The van der Waals surface area contributed by atoms with Gasteiger partial charge in [-0.3, -0.25) is 0 Å². The first kappa shape index (κ1) is 9.92. The second-order valence-corrected chi connectivity index (χ2v) is 2.83. The van der Waals surface area contributed by atoms with Crippen LogP contribution in [0.2, 0.25) is 0 Å². The Labute approximate surface area is 62.9 Å². The molecular weight excluding hydrogens is 128 g/mol. The second kappa shape index (κ2) is 5.69. The average molecular weight is 146 g/mol. The van der Waals surface area contributed by atoms with E-state index in [0.29, 0.717) is 0 Å². The number of aliphatic hydroxyl groups excluding tert-OH is 2. The molecule has 0 spiro atoms. The van der Waals surface area contributed by atoms with E-state index >= 15 is 0 Å². The predicted octanol–water partition coefficient (Wildman–Crippen LogP) is 1.17. The molecule has 0 radical (unpaired) electrons. The molecule has 0 fully saturated rings. The smallest absolute Gasteiger partial charge is 0.0562 e. The molecule has 0 aromatic rings. The molecule has 10 heavy (non-hydrogen) atoms. The van der Waals surface area contributed by atoms with Crippen LogP contribution < -0.4 is 0 Å². The van der Waals surface area contributed by atoms with Crippen LogP contribution in [-0.2, 0) is 0 Å². The summed E-state index contributed by atoms with van der Waals surface area (Å²) in [6.07, 6.45) is 2.79. The molecule has 0 bridgehead atoms. The van der Waals surface area contributed by atoms with E-state index < -0.39 is 0 Å². The molecule has 2 N–H and O–H groups in total. The van der Waals surface area contributed by atoms with Crippen molar-refractivity contribution in [3.05, 3.63) is 0 Å². The van der Waals surface area contributed by atoms with Crippen LogP contribution in [0.4, 0.5) is 0 Å². The fourth-order valence-electron chi connectivity index (χ4n) is 0.951. The Hall–Kier alpha value is -0.0800. The van der Waals surface area contributed by atoms with E-state index in [-0.39, 0.29) is 18.6 Å². The van der Waals surface area contributed by atoms with Gasteiger partial charge in [-0.15, -0.1) is 0 Å². The summed E-state index contributed by atoms with van der Waals surface area (Å²) in [5.74, 6) is 0.0833. The summed E-state index contributed by atoms with van der Waals surface area (Å²) in [5.41, 5.74) is 0. The van der Waals surface area contributed by atoms with Crippen molar-refractivity contribution in [2.24, 2.45) is 5.92 Å². The Morgan fingerprint density at radius 1 is 1.40 bits per heavy atom. The van der Waals surface area contributed by atoms with E-state index in [9.17, 15) is 0 Å². The summed E-state index contributed by atoms with van der Waals surface area (Å²) >= 11 is 0. The molecule has 0 aliphatic carbocycles. The lowest BCUT2D eigenvalue weighted by molar-refractivity contribution is 0.0745. The lowest BCUT2D eigenvalue weighted by atomic mass is 9.98. The van der Waals surface area contributed by atoms with Crippen molar-refractivity contribution < 1.29 is 10.2 Å². The minimum Gasteiger partial charge on any atom is -0.396 e. The number of unbranched alkanes of at least 4 members (excludes halogenated alkanes) is 1. The zero-order valence-corrected chi connectivity index (χ0v) is 6.88. The first-order valence-electron chi connectivity index (χ1n) is 4.01. The van der Waals surface area contributed by atoms with Gasteiger partial charge in [-0.25, -0.2) is 0 Å². The molecule has 2 nitrogen and oxygen atoms in total. The maximum absolute atomic E-state index is 9.08. The maximum Gasteiger partial charge on any atom is 0.0562 e. The van der Waals surface area contributed by atoms with Crippen LogP contribution in [0.15, 0.2) is 0 Å². The summed E-state index contributed by atoms with van der Waals surface area (Å²) in [5, 5.41) is 17.8. The van der Waals surface area contributed by atoms with Gasteiger partial charge < -0.3 is 10.2 Å². The highest BCUT2D eigenvalue weighted by atomic mass is 16.3. The summed E-state index contributed by atoms with van der Waals surface area (Å²) in [7, 11) is 0. The van der Waals surface area contributed by atoms with E-state index in [4.69, 9.17) is 10.2 Å². The molecule has 2 unspecified atom stereocenters. The van der Waals surface area contributed by atoms with Crippen molar-refractivity contribution in [2.75, 3.05) is 6.61 Å². The Balaban J connectivity index is 3.40. The molecule has 0 saturated carbocycles. The van der Waals surface area contributed by atoms with Gasteiger partial charge in [-0.1, -0.05) is 19.8 Å². The largest absolute Gasteiger partial charge is 0.396 e. The van der Waals surface area contributed by atoms with Crippen LogP contribution in [0.3, 0.4) is 0 Å². The lowest BCUT2D eigenvalue weighted by Crippen LogP contribution is -2.20. The fourth-order valence-corrected chi connectivity index (χ4v) is 0.951. The monoisotopic (exact) mass is 146 g/mol. The van der Waals surface area contributed by atoms with Crippen LogP contribution in [-0.4, -0.2) is 22.9 Å². The van der Waals surface area contributed by atoms with Gasteiger partial charge in [-0.05, 0) is 13.3 Å². The van der Waals surface area contributed by atoms with Crippen molar-refractivity contribution in [1.82, 2.24) is 0 Å². The van der Waals surface area contributed by atoms with E-state index in [2.05, 4.69) is 6.92 Å². The van der Waals surface area contributed by atoms with E-state index in [1.54, 1.807) is 6.92 Å². The van der Waals surface area contributed by atoms with Crippen molar-refractivity contribution >= 4 is 0 Å². The van der Waals surface area contributed by atoms with Crippen molar-refractivity contribution in [1.29, 1.82) is 0 Å². The summed E-state index contributed by atoms with van der Waals surface area (Å²) < 4.78 is 0. The number of hydrogen-bond acceptors (Lipinski definition) is 2. The lowest BCUT2D eigenvalue weighted by Gasteiger charge is -2.15. The number of aliphatic hydroxyl groups is 2. The SMILES string of the molecule is CCCCC(CO)C(C)O. The van der Waals surface area contributed by atoms with Crippen LogP contribution in [0.1, 0.15) is 33.1 Å². The highest BCUT2D eigenvalue weighted by Gasteiger charge is 2.11. The molecule has 0 heterocycles. The average Bonchev–Trinajstić information content (AvgIpc) is 1.89. The maximum atomic E-state index is 9.08. The molecular formula is C8H18O2.